The van der Waals surface area contributed by atoms with Gasteiger partial charge in [0.25, 0.3) is 0 Å². The van der Waals surface area contributed by atoms with Gasteiger partial charge in [-0.2, -0.15) is 19.9 Å². The SMILES string of the molecule is Cc1cc(C)c(N(c2ccc(N(c3nc(-c4ccccc4)nc(-c4ccc5ccccc5c4)n3)c3nc(-c4ccccc4)nc(-c4ccc5ccccc5c4-c4ccccc4)n3)cc2)c2c(C)cc(C)cc2C)c(C)c1. The highest BCUT2D eigenvalue weighted by Gasteiger charge is 2.27. The van der Waals surface area contributed by atoms with Crippen LogP contribution in [0.4, 0.5) is 34.6 Å². The van der Waals surface area contributed by atoms with E-state index in [1.54, 1.807) is 0 Å². The first kappa shape index (κ1) is 47.4. The normalized spacial score (nSPS) is 11.3. The molecule has 10 aromatic carbocycles. The zero-order chi connectivity index (χ0) is 51.9. The van der Waals surface area contributed by atoms with Gasteiger partial charge in [0.15, 0.2) is 23.3 Å². The van der Waals surface area contributed by atoms with Crippen LogP contribution in [0.25, 0.3) is 78.2 Å². The number of hydrogen-bond acceptors (Lipinski definition) is 8. The van der Waals surface area contributed by atoms with Crippen LogP contribution in [0.1, 0.15) is 33.4 Å². The van der Waals surface area contributed by atoms with Crippen molar-refractivity contribution in [3.05, 3.63) is 252 Å². The van der Waals surface area contributed by atoms with Crippen molar-refractivity contribution in [1.82, 2.24) is 29.9 Å². The number of aromatic nitrogens is 6. The molecule has 0 spiro atoms. The monoisotopic (exact) mass is 982 g/mol. The number of anilines is 6. The van der Waals surface area contributed by atoms with E-state index in [1.807, 2.05) is 71.6 Å². The van der Waals surface area contributed by atoms with E-state index in [2.05, 4.69) is 198 Å². The molecule has 8 nitrogen and oxygen atoms in total. The van der Waals surface area contributed by atoms with Crippen LogP contribution in [0.3, 0.4) is 0 Å². The van der Waals surface area contributed by atoms with Crippen LogP contribution in [-0.4, -0.2) is 29.9 Å². The van der Waals surface area contributed by atoms with Gasteiger partial charge in [-0.05, 0) is 127 Å². The molecule has 12 aromatic rings. The first-order valence-electron chi connectivity index (χ1n) is 25.7. The summed E-state index contributed by atoms with van der Waals surface area (Å²) in [4.78, 5) is 36.6. The van der Waals surface area contributed by atoms with Gasteiger partial charge in [-0.25, -0.2) is 14.9 Å². The maximum absolute atomic E-state index is 5.53. The number of nitrogens with zero attached hydrogens (tertiary/aromatic N) is 8. The highest BCUT2D eigenvalue weighted by atomic mass is 15.4. The average molecular weight is 983 g/mol. The molecular weight excluding hydrogens is 929 g/mol. The molecule has 0 atom stereocenters. The molecule has 8 heteroatoms. The maximum Gasteiger partial charge on any atom is 0.241 e. The number of rotatable bonds is 11. The Morgan fingerprint density at radius 2 is 0.697 bits per heavy atom. The van der Waals surface area contributed by atoms with E-state index in [0.29, 0.717) is 35.2 Å². The molecule has 0 radical (unpaired) electrons. The van der Waals surface area contributed by atoms with Gasteiger partial charge >= 0.3 is 0 Å². The Balaban J connectivity index is 1.13. The second-order valence-electron chi connectivity index (χ2n) is 19.6. The Kier molecular flexibility index (Phi) is 12.5. The quantitative estimate of drug-likeness (QED) is 0.127. The highest BCUT2D eigenvalue weighted by molar-refractivity contribution is 6.03. The smallest absolute Gasteiger partial charge is 0.241 e. The molecule has 0 aliphatic heterocycles. The Bertz CT molecular complexity index is 4020. The predicted molar refractivity (Wildman–Crippen MR) is 313 cm³/mol. The fourth-order valence-corrected chi connectivity index (χ4v) is 10.8. The molecule has 0 N–H and O–H groups in total. The van der Waals surface area contributed by atoms with Gasteiger partial charge in [0, 0.05) is 33.5 Å². The van der Waals surface area contributed by atoms with Crippen molar-refractivity contribution in [3.8, 4) is 56.7 Å². The lowest BCUT2D eigenvalue weighted by molar-refractivity contribution is 0.964. The van der Waals surface area contributed by atoms with E-state index >= 15 is 0 Å². The topological polar surface area (TPSA) is 83.8 Å². The van der Waals surface area contributed by atoms with Crippen molar-refractivity contribution >= 4 is 56.2 Å². The van der Waals surface area contributed by atoms with Gasteiger partial charge in [0.05, 0.1) is 17.1 Å². The van der Waals surface area contributed by atoms with E-state index in [0.717, 1.165) is 77.7 Å². The Hall–Kier alpha value is -9.66. The average Bonchev–Trinajstić information content (AvgIpc) is 3.45. The molecule has 0 bridgehead atoms. The molecule has 0 amide bonds. The highest BCUT2D eigenvalue weighted by Crippen LogP contribution is 2.45. The summed E-state index contributed by atoms with van der Waals surface area (Å²) in [6.07, 6.45) is 0. The summed E-state index contributed by atoms with van der Waals surface area (Å²) in [5.41, 5.74) is 16.7. The largest absolute Gasteiger partial charge is 0.309 e. The second kappa shape index (κ2) is 20.0. The third-order valence-electron chi connectivity index (χ3n) is 14.0. The van der Waals surface area contributed by atoms with Crippen molar-refractivity contribution in [2.24, 2.45) is 0 Å². The number of hydrogen-bond donors (Lipinski definition) is 0. The van der Waals surface area contributed by atoms with Crippen LogP contribution in [0.2, 0.25) is 0 Å². The molecule has 2 heterocycles. The summed E-state index contributed by atoms with van der Waals surface area (Å²) in [7, 11) is 0. The lowest BCUT2D eigenvalue weighted by atomic mass is 9.93. The van der Waals surface area contributed by atoms with Gasteiger partial charge in [-0.1, -0.05) is 193 Å². The van der Waals surface area contributed by atoms with Gasteiger partial charge < -0.3 is 4.90 Å². The summed E-state index contributed by atoms with van der Waals surface area (Å²) in [6, 6.07) is 75.7. The minimum atomic E-state index is 0.339. The van der Waals surface area contributed by atoms with E-state index in [4.69, 9.17) is 29.9 Å². The van der Waals surface area contributed by atoms with Crippen molar-refractivity contribution in [2.45, 2.75) is 41.5 Å². The molecule has 366 valence electrons. The van der Waals surface area contributed by atoms with E-state index in [-0.39, 0.29) is 0 Å². The minimum absolute atomic E-state index is 0.339. The molecule has 0 aliphatic carbocycles. The van der Waals surface area contributed by atoms with Crippen LogP contribution >= 0.6 is 0 Å². The van der Waals surface area contributed by atoms with Gasteiger partial charge in [0.2, 0.25) is 11.9 Å². The molecule has 0 fully saturated rings. The third kappa shape index (κ3) is 9.11. The Morgan fingerprint density at radius 3 is 1.24 bits per heavy atom. The Morgan fingerprint density at radius 1 is 0.289 bits per heavy atom. The van der Waals surface area contributed by atoms with E-state index < -0.39 is 0 Å². The zero-order valence-electron chi connectivity index (χ0n) is 43.4. The third-order valence-corrected chi connectivity index (χ3v) is 14.0. The lowest BCUT2D eigenvalue weighted by Gasteiger charge is -2.32. The summed E-state index contributed by atoms with van der Waals surface area (Å²) >= 11 is 0. The van der Waals surface area contributed by atoms with Crippen molar-refractivity contribution in [2.75, 3.05) is 9.80 Å². The number of aryl methyl sites for hydroxylation is 6. The minimum Gasteiger partial charge on any atom is -0.309 e. The first-order valence-corrected chi connectivity index (χ1v) is 25.7. The van der Waals surface area contributed by atoms with Crippen LogP contribution in [0, 0.1) is 41.5 Å². The lowest BCUT2D eigenvalue weighted by Crippen LogP contribution is -2.19. The maximum atomic E-state index is 5.53. The summed E-state index contributed by atoms with van der Waals surface area (Å²) in [5.74, 6) is 2.71. The molecular formula is C68H54N8. The first-order chi connectivity index (χ1) is 37.1. The molecule has 2 aromatic heterocycles. The zero-order valence-corrected chi connectivity index (χ0v) is 43.4. The Labute approximate surface area is 443 Å². The second-order valence-corrected chi connectivity index (χ2v) is 19.6. The predicted octanol–water partition coefficient (Wildman–Crippen LogP) is 17.5. The summed E-state index contributed by atoms with van der Waals surface area (Å²) in [5, 5.41) is 4.42. The molecule has 12 rings (SSSR count). The van der Waals surface area contributed by atoms with Crippen molar-refractivity contribution < 1.29 is 0 Å². The summed E-state index contributed by atoms with van der Waals surface area (Å²) in [6.45, 7) is 13.1. The molecule has 0 saturated heterocycles. The molecule has 0 aliphatic rings. The molecule has 76 heavy (non-hydrogen) atoms. The van der Waals surface area contributed by atoms with Crippen LogP contribution in [0.5, 0.6) is 0 Å². The van der Waals surface area contributed by atoms with Crippen molar-refractivity contribution in [1.29, 1.82) is 0 Å². The van der Waals surface area contributed by atoms with Crippen LogP contribution in [0.15, 0.2) is 218 Å². The van der Waals surface area contributed by atoms with E-state index in [1.165, 1.54) is 33.4 Å². The van der Waals surface area contributed by atoms with Crippen LogP contribution in [-0.2, 0) is 0 Å². The molecule has 0 unspecified atom stereocenters. The van der Waals surface area contributed by atoms with E-state index in [9.17, 15) is 0 Å². The van der Waals surface area contributed by atoms with Crippen molar-refractivity contribution in [3.63, 3.8) is 0 Å². The standard InChI is InChI=1S/C68H54N8/c1-43-38-45(3)61(46(4)39-43)75(62-47(5)40-44(2)41-48(62)6)56-33-35-57(36-34-56)76(67-71-63(52-24-12-8-13-25-52)69-65(73-67)55-31-30-49-20-16-17-28-54(49)42-55)68-72-64(53-26-14-9-15-27-53)70-66(74-68)59-37-32-50-21-18-19-29-58(50)60(59)51-22-10-7-11-23-51/h7-42H,1-6H3. The van der Waals surface area contributed by atoms with Crippen LogP contribution < -0.4 is 9.80 Å². The number of fused-ring (bicyclic) bond motifs is 2. The fourth-order valence-electron chi connectivity index (χ4n) is 10.8. The number of benzene rings is 10. The van der Waals surface area contributed by atoms with Gasteiger partial charge in [0.1, 0.15) is 0 Å². The summed E-state index contributed by atoms with van der Waals surface area (Å²) < 4.78 is 0. The molecule has 0 saturated carbocycles. The van der Waals surface area contributed by atoms with Gasteiger partial charge in [-0.3, -0.25) is 0 Å². The fraction of sp³-hybridized carbons (Fsp3) is 0.0882. The van der Waals surface area contributed by atoms with Gasteiger partial charge in [-0.15, -0.1) is 0 Å².